The lowest BCUT2D eigenvalue weighted by molar-refractivity contribution is -0.216. The summed E-state index contributed by atoms with van der Waals surface area (Å²) < 4.78 is 17.6. The number of hydrogen-bond acceptors (Lipinski definition) is 6. The Bertz CT molecular complexity index is 920. The molecule has 2 aliphatic rings. The van der Waals surface area contributed by atoms with Crippen LogP contribution in [0.2, 0.25) is 0 Å². The van der Waals surface area contributed by atoms with E-state index < -0.39 is 36.4 Å². The fraction of sp³-hybridized carbons (Fsp3) is 0.391. The standard InChI is InChI=1S/C23H26N2O6/c1-23(2)30-19-17(25-21(28)15-11-7-4-8-12-15)18(29-22(19)31-23)16(26)13-24-20(27)14-9-5-3-6-10-14/h3-12,16-19,22,26H,13H2,1-2H3,(H,24,27)(H,25,28). The van der Waals surface area contributed by atoms with Crippen molar-refractivity contribution in [2.24, 2.45) is 0 Å². The summed E-state index contributed by atoms with van der Waals surface area (Å²) in [5.41, 5.74) is 0.969. The Balaban J connectivity index is 1.45. The molecule has 2 amide bonds. The van der Waals surface area contributed by atoms with Crippen LogP contribution in [0.5, 0.6) is 0 Å². The summed E-state index contributed by atoms with van der Waals surface area (Å²) in [4.78, 5) is 25.1. The number of aliphatic hydroxyl groups is 1. The minimum absolute atomic E-state index is 0.0566. The van der Waals surface area contributed by atoms with Crippen LogP contribution in [-0.4, -0.2) is 59.9 Å². The molecule has 0 radical (unpaired) electrons. The van der Waals surface area contributed by atoms with Crippen LogP contribution in [0.25, 0.3) is 0 Å². The van der Waals surface area contributed by atoms with Gasteiger partial charge >= 0.3 is 0 Å². The molecule has 2 saturated heterocycles. The molecule has 8 nitrogen and oxygen atoms in total. The molecule has 2 aromatic carbocycles. The summed E-state index contributed by atoms with van der Waals surface area (Å²) in [6.45, 7) is 3.46. The molecule has 0 bridgehead atoms. The zero-order valence-corrected chi connectivity index (χ0v) is 17.4. The van der Waals surface area contributed by atoms with Crippen molar-refractivity contribution in [1.29, 1.82) is 0 Å². The van der Waals surface area contributed by atoms with E-state index in [1.165, 1.54) is 0 Å². The smallest absolute Gasteiger partial charge is 0.251 e. The summed E-state index contributed by atoms with van der Waals surface area (Å²) in [5.74, 6) is -1.49. The molecule has 2 heterocycles. The number of benzene rings is 2. The van der Waals surface area contributed by atoms with Gasteiger partial charge < -0.3 is 30.0 Å². The van der Waals surface area contributed by atoms with Crippen molar-refractivity contribution in [2.75, 3.05) is 6.54 Å². The Labute approximate surface area is 180 Å². The molecule has 0 saturated carbocycles. The molecule has 8 heteroatoms. The first-order valence-corrected chi connectivity index (χ1v) is 10.2. The fourth-order valence-electron chi connectivity index (χ4n) is 3.86. The zero-order valence-electron chi connectivity index (χ0n) is 17.4. The highest BCUT2D eigenvalue weighted by atomic mass is 16.8. The van der Waals surface area contributed by atoms with Crippen molar-refractivity contribution >= 4 is 11.8 Å². The Morgan fingerprint density at radius 3 is 2.16 bits per heavy atom. The number of hydrogen-bond donors (Lipinski definition) is 3. The molecule has 2 aliphatic heterocycles. The maximum atomic E-state index is 12.8. The topological polar surface area (TPSA) is 106 Å². The molecule has 5 unspecified atom stereocenters. The van der Waals surface area contributed by atoms with Gasteiger partial charge in [0.15, 0.2) is 12.1 Å². The summed E-state index contributed by atoms with van der Waals surface area (Å²) in [6, 6.07) is 16.8. The average molecular weight is 426 g/mol. The lowest BCUT2D eigenvalue weighted by Gasteiger charge is -2.29. The number of amides is 2. The Hall–Kier alpha value is -2.78. The second-order valence-electron chi connectivity index (χ2n) is 8.08. The third kappa shape index (κ3) is 4.77. The number of carbonyl (C=O) groups is 2. The summed E-state index contributed by atoms with van der Waals surface area (Å²) >= 11 is 0. The molecule has 4 rings (SSSR count). The lowest BCUT2D eigenvalue weighted by Crippen LogP contribution is -2.54. The van der Waals surface area contributed by atoms with Crippen molar-refractivity contribution in [3.8, 4) is 0 Å². The van der Waals surface area contributed by atoms with Crippen molar-refractivity contribution in [2.45, 2.75) is 50.3 Å². The third-order valence-corrected chi connectivity index (χ3v) is 5.31. The van der Waals surface area contributed by atoms with E-state index in [-0.39, 0.29) is 18.4 Å². The summed E-state index contributed by atoms with van der Waals surface area (Å²) in [5, 5.41) is 16.4. The van der Waals surface area contributed by atoms with E-state index >= 15 is 0 Å². The van der Waals surface area contributed by atoms with Crippen LogP contribution in [0.15, 0.2) is 60.7 Å². The SMILES string of the molecule is CC1(C)OC2OC(C(O)CNC(=O)c3ccccc3)C(NC(=O)c3ccccc3)C2O1. The minimum Gasteiger partial charge on any atom is -0.388 e. The van der Waals surface area contributed by atoms with E-state index in [4.69, 9.17) is 14.2 Å². The molecule has 2 aromatic rings. The van der Waals surface area contributed by atoms with Crippen LogP contribution < -0.4 is 10.6 Å². The first-order chi connectivity index (χ1) is 14.8. The van der Waals surface area contributed by atoms with Crippen molar-refractivity contribution in [1.82, 2.24) is 10.6 Å². The Kier molecular flexibility index (Phi) is 6.06. The van der Waals surface area contributed by atoms with Crippen LogP contribution in [-0.2, 0) is 14.2 Å². The van der Waals surface area contributed by atoms with Crippen LogP contribution in [0, 0.1) is 0 Å². The first kappa shape index (κ1) is 21.5. The Morgan fingerprint density at radius 2 is 1.55 bits per heavy atom. The second kappa shape index (κ2) is 8.76. The van der Waals surface area contributed by atoms with Gasteiger partial charge in [-0.3, -0.25) is 9.59 Å². The molecular weight excluding hydrogens is 400 g/mol. The van der Waals surface area contributed by atoms with Gasteiger partial charge in [0.1, 0.15) is 12.2 Å². The van der Waals surface area contributed by atoms with E-state index in [0.717, 1.165) is 0 Å². The first-order valence-electron chi connectivity index (χ1n) is 10.2. The predicted octanol–water partition coefficient (Wildman–Crippen LogP) is 1.45. The van der Waals surface area contributed by atoms with E-state index in [2.05, 4.69) is 10.6 Å². The number of aliphatic hydroxyl groups excluding tert-OH is 1. The summed E-state index contributed by atoms with van der Waals surface area (Å²) in [7, 11) is 0. The van der Waals surface area contributed by atoms with Gasteiger partial charge in [0, 0.05) is 17.7 Å². The highest BCUT2D eigenvalue weighted by Crippen LogP contribution is 2.38. The zero-order chi connectivity index (χ0) is 22.0. The van der Waals surface area contributed by atoms with Crippen molar-refractivity contribution in [3.05, 3.63) is 71.8 Å². The molecule has 3 N–H and O–H groups in total. The van der Waals surface area contributed by atoms with Gasteiger partial charge in [-0.2, -0.15) is 0 Å². The van der Waals surface area contributed by atoms with Gasteiger partial charge in [-0.1, -0.05) is 36.4 Å². The van der Waals surface area contributed by atoms with Crippen LogP contribution >= 0.6 is 0 Å². The third-order valence-electron chi connectivity index (χ3n) is 5.31. The molecule has 0 aromatic heterocycles. The predicted molar refractivity (Wildman–Crippen MR) is 111 cm³/mol. The molecule has 0 spiro atoms. The van der Waals surface area contributed by atoms with Gasteiger partial charge in [-0.15, -0.1) is 0 Å². The average Bonchev–Trinajstić information content (AvgIpc) is 3.25. The largest absolute Gasteiger partial charge is 0.388 e. The number of carbonyl (C=O) groups excluding carboxylic acids is 2. The molecule has 31 heavy (non-hydrogen) atoms. The number of nitrogens with one attached hydrogen (secondary N) is 2. The van der Waals surface area contributed by atoms with E-state index in [0.29, 0.717) is 11.1 Å². The van der Waals surface area contributed by atoms with E-state index in [9.17, 15) is 14.7 Å². The molecule has 2 fully saturated rings. The van der Waals surface area contributed by atoms with Gasteiger partial charge in [0.2, 0.25) is 0 Å². The normalized spacial score (nSPS) is 27.3. The van der Waals surface area contributed by atoms with Gasteiger partial charge in [-0.25, -0.2) is 0 Å². The molecule has 5 atom stereocenters. The highest BCUT2D eigenvalue weighted by molar-refractivity contribution is 5.94. The fourth-order valence-corrected chi connectivity index (χ4v) is 3.86. The van der Waals surface area contributed by atoms with Crippen LogP contribution in [0.3, 0.4) is 0 Å². The highest BCUT2D eigenvalue weighted by Gasteiger charge is 2.56. The summed E-state index contributed by atoms with van der Waals surface area (Å²) in [6.07, 6.45) is -3.24. The minimum atomic E-state index is -1.09. The van der Waals surface area contributed by atoms with E-state index in [1.54, 1.807) is 62.4 Å². The quantitative estimate of drug-likeness (QED) is 0.646. The molecule has 164 valence electrons. The van der Waals surface area contributed by atoms with Gasteiger partial charge in [0.05, 0.1) is 12.1 Å². The van der Waals surface area contributed by atoms with Crippen LogP contribution in [0.4, 0.5) is 0 Å². The maximum absolute atomic E-state index is 12.8. The van der Waals surface area contributed by atoms with Gasteiger partial charge in [0.25, 0.3) is 11.8 Å². The van der Waals surface area contributed by atoms with Crippen molar-refractivity contribution in [3.63, 3.8) is 0 Å². The maximum Gasteiger partial charge on any atom is 0.251 e. The molecular formula is C23H26N2O6. The molecule has 0 aliphatic carbocycles. The number of ether oxygens (including phenoxy) is 3. The number of fused-ring (bicyclic) bond motifs is 1. The monoisotopic (exact) mass is 426 g/mol. The second-order valence-corrected chi connectivity index (χ2v) is 8.08. The number of rotatable bonds is 6. The lowest BCUT2D eigenvalue weighted by atomic mass is 10.0. The van der Waals surface area contributed by atoms with Crippen LogP contribution in [0.1, 0.15) is 34.6 Å². The Morgan fingerprint density at radius 1 is 0.968 bits per heavy atom. The van der Waals surface area contributed by atoms with E-state index in [1.807, 2.05) is 12.1 Å². The van der Waals surface area contributed by atoms with Crippen molar-refractivity contribution < 1.29 is 28.9 Å². The van der Waals surface area contributed by atoms with Gasteiger partial charge in [-0.05, 0) is 38.1 Å².